The first-order valence-corrected chi connectivity index (χ1v) is 29.4. The van der Waals surface area contributed by atoms with Gasteiger partial charge < -0.3 is 19.8 Å². The van der Waals surface area contributed by atoms with Crippen LogP contribution in [0.1, 0.15) is 290 Å². The molecule has 0 heterocycles. The Hall–Kier alpha value is -0.500. The van der Waals surface area contributed by atoms with Crippen LogP contribution >= 0.6 is 7.82 Å². The molecule has 0 aliphatic rings. The molecule has 0 bridgehead atoms. The van der Waals surface area contributed by atoms with Crippen LogP contribution in [-0.2, 0) is 18.4 Å². The summed E-state index contributed by atoms with van der Waals surface area (Å²) in [7, 11) is 1.63. The number of phosphoric ester groups is 1. The highest BCUT2D eigenvalue weighted by Crippen LogP contribution is 2.43. The van der Waals surface area contributed by atoms with Gasteiger partial charge in [-0.1, -0.05) is 271 Å². The van der Waals surface area contributed by atoms with E-state index in [0.717, 1.165) is 38.5 Å². The summed E-state index contributed by atoms with van der Waals surface area (Å²) in [4.78, 5) is 23.3. The zero-order valence-corrected chi connectivity index (χ0v) is 44.0. The van der Waals surface area contributed by atoms with E-state index in [1.165, 1.54) is 225 Å². The fraction of sp³-hybridized carbons (Fsp3) is 0.981. The maximum Gasteiger partial charge on any atom is 0.472 e. The molecule has 0 saturated heterocycles. The normalized spacial score (nSPS) is 14.0. The lowest BCUT2D eigenvalue weighted by atomic mass is 10.0. The lowest BCUT2D eigenvalue weighted by Gasteiger charge is -2.26. The van der Waals surface area contributed by atoms with Gasteiger partial charge in [0.15, 0.2) is 0 Å². The van der Waals surface area contributed by atoms with Gasteiger partial charge in [-0.2, -0.15) is 0 Å². The van der Waals surface area contributed by atoms with Crippen molar-refractivity contribution in [3.63, 3.8) is 0 Å². The van der Waals surface area contributed by atoms with E-state index in [1.54, 1.807) is 0 Å². The van der Waals surface area contributed by atoms with Crippen molar-refractivity contribution in [2.45, 2.75) is 302 Å². The summed E-state index contributed by atoms with van der Waals surface area (Å²) in [5.41, 5.74) is 0. The second-order valence-corrected chi connectivity index (χ2v) is 22.1. The van der Waals surface area contributed by atoms with Crippen LogP contribution in [-0.4, -0.2) is 73.4 Å². The molecule has 3 N–H and O–H groups in total. The highest BCUT2D eigenvalue weighted by molar-refractivity contribution is 7.47. The highest BCUT2D eigenvalue weighted by Gasteiger charge is 2.28. The van der Waals surface area contributed by atoms with Gasteiger partial charge in [-0.15, -0.1) is 0 Å². The maximum atomic E-state index is 12.9. The van der Waals surface area contributed by atoms with Crippen LogP contribution in [0.25, 0.3) is 0 Å². The molecule has 3 unspecified atom stereocenters. The first-order chi connectivity index (χ1) is 30.5. The molecule has 0 aliphatic carbocycles. The van der Waals surface area contributed by atoms with Crippen LogP contribution in [0.2, 0.25) is 0 Å². The Balaban J connectivity index is 4.07. The molecule has 0 aliphatic heterocycles. The molecule has 0 rings (SSSR count). The Kier molecular flexibility index (Phi) is 46.2. The Labute approximate surface area is 393 Å². The Morgan fingerprint density at radius 1 is 0.476 bits per heavy atom. The van der Waals surface area contributed by atoms with E-state index in [2.05, 4.69) is 19.2 Å². The van der Waals surface area contributed by atoms with Crippen molar-refractivity contribution in [3.8, 4) is 0 Å². The third-order valence-corrected chi connectivity index (χ3v) is 14.1. The number of nitrogens with zero attached hydrogens (tertiary/aromatic N) is 1. The average molecular weight is 916 g/mol. The lowest BCUT2D eigenvalue weighted by molar-refractivity contribution is -0.870. The summed E-state index contributed by atoms with van der Waals surface area (Å²) in [6.07, 6.45) is 54.4. The van der Waals surface area contributed by atoms with Crippen molar-refractivity contribution in [1.29, 1.82) is 0 Å². The summed E-state index contributed by atoms with van der Waals surface area (Å²) in [6.45, 7) is 4.93. The SMILES string of the molecule is CCCCCCCCCCCCCCCCCCCCCCCCCCCCCC(O)C(COP(=O)(O)OCC[N+](C)(C)C)NC(=O)CCCCCCCCCCCCCCCC. The van der Waals surface area contributed by atoms with Crippen LogP contribution in [0.5, 0.6) is 0 Å². The van der Waals surface area contributed by atoms with Gasteiger partial charge in [-0.25, -0.2) is 4.57 Å². The molecule has 0 aromatic heterocycles. The van der Waals surface area contributed by atoms with Gasteiger partial charge in [-0.3, -0.25) is 13.8 Å². The maximum absolute atomic E-state index is 12.9. The predicted molar refractivity (Wildman–Crippen MR) is 272 cm³/mol. The number of carbonyl (C=O) groups is 1. The number of likely N-dealkylation sites (N-methyl/N-ethyl adjacent to an activating group) is 1. The Morgan fingerprint density at radius 3 is 1.06 bits per heavy atom. The van der Waals surface area contributed by atoms with Gasteiger partial charge in [-0.05, 0) is 12.8 Å². The van der Waals surface area contributed by atoms with Crippen molar-refractivity contribution in [2.24, 2.45) is 0 Å². The van der Waals surface area contributed by atoms with E-state index in [4.69, 9.17) is 9.05 Å². The number of nitrogens with one attached hydrogen (secondary N) is 1. The summed E-state index contributed by atoms with van der Waals surface area (Å²) in [6, 6.07) is -0.754. The lowest BCUT2D eigenvalue weighted by Crippen LogP contribution is -2.46. The fourth-order valence-electron chi connectivity index (χ4n) is 8.70. The highest BCUT2D eigenvalue weighted by atomic mass is 31.2. The summed E-state index contributed by atoms with van der Waals surface area (Å²) < 4.78 is 23.7. The minimum Gasteiger partial charge on any atom is -0.391 e. The van der Waals surface area contributed by atoms with Gasteiger partial charge in [0.05, 0.1) is 39.9 Å². The number of hydrogen-bond donors (Lipinski definition) is 3. The Bertz CT molecular complexity index is 994. The van der Waals surface area contributed by atoms with Crippen molar-refractivity contribution in [3.05, 3.63) is 0 Å². The van der Waals surface area contributed by atoms with E-state index in [-0.39, 0.29) is 19.1 Å². The van der Waals surface area contributed by atoms with Gasteiger partial charge in [0, 0.05) is 6.42 Å². The molecule has 0 spiro atoms. The van der Waals surface area contributed by atoms with E-state index in [0.29, 0.717) is 23.9 Å². The summed E-state index contributed by atoms with van der Waals surface area (Å²) in [5, 5.41) is 14.0. The minimum atomic E-state index is -4.31. The van der Waals surface area contributed by atoms with E-state index >= 15 is 0 Å². The molecule has 0 fully saturated rings. The van der Waals surface area contributed by atoms with Crippen molar-refractivity contribution in [1.82, 2.24) is 5.32 Å². The molecule has 0 aromatic rings. The van der Waals surface area contributed by atoms with Crippen LogP contribution in [0.4, 0.5) is 0 Å². The molecule has 0 saturated carbocycles. The van der Waals surface area contributed by atoms with E-state index < -0.39 is 20.0 Å². The van der Waals surface area contributed by atoms with Gasteiger partial charge >= 0.3 is 7.82 Å². The number of unbranched alkanes of at least 4 members (excludes halogenated alkanes) is 39. The first-order valence-electron chi connectivity index (χ1n) is 27.9. The molecular weight excluding hydrogens is 804 g/mol. The van der Waals surface area contributed by atoms with E-state index in [9.17, 15) is 19.4 Å². The molecule has 3 atom stereocenters. The van der Waals surface area contributed by atoms with E-state index in [1.807, 2.05) is 21.1 Å². The molecular formula is C54H112N2O6P+. The van der Waals surface area contributed by atoms with Gasteiger partial charge in [0.25, 0.3) is 0 Å². The quantitative estimate of drug-likeness (QED) is 0.0319. The third-order valence-electron chi connectivity index (χ3n) is 13.1. The number of carbonyl (C=O) groups excluding carboxylic acids is 1. The molecule has 1 amide bonds. The zero-order chi connectivity index (χ0) is 46.4. The zero-order valence-electron chi connectivity index (χ0n) is 43.1. The standard InChI is InChI=1S/C54H111N2O6P/c1-6-8-10-12-14-16-18-20-22-23-24-25-26-27-28-29-30-31-32-33-34-35-37-39-41-43-45-47-53(57)52(51-62-63(59,60)61-50-49-56(3,4)5)55-54(58)48-46-44-42-40-38-36-21-19-17-15-13-11-9-7-2/h52-53,57H,6-51H2,1-5H3,(H-,55,58,59,60)/p+1. The van der Waals surface area contributed by atoms with Crippen LogP contribution in [0.15, 0.2) is 0 Å². The van der Waals surface area contributed by atoms with Crippen LogP contribution in [0.3, 0.4) is 0 Å². The number of amides is 1. The number of quaternary nitrogens is 1. The molecule has 8 nitrogen and oxygen atoms in total. The molecule has 9 heteroatoms. The summed E-state index contributed by atoms with van der Waals surface area (Å²) in [5.74, 6) is -0.138. The largest absolute Gasteiger partial charge is 0.472 e. The van der Waals surface area contributed by atoms with Crippen molar-refractivity contribution < 1.29 is 32.9 Å². The number of rotatable bonds is 52. The first kappa shape index (κ1) is 62.5. The number of aliphatic hydroxyl groups is 1. The third kappa shape index (κ3) is 49.2. The predicted octanol–water partition coefficient (Wildman–Crippen LogP) is 16.5. The van der Waals surface area contributed by atoms with Gasteiger partial charge in [0.1, 0.15) is 13.2 Å². The van der Waals surface area contributed by atoms with Crippen LogP contribution < -0.4 is 5.32 Å². The molecule has 0 radical (unpaired) electrons. The number of hydrogen-bond acceptors (Lipinski definition) is 5. The molecule has 378 valence electrons. The smallest absolute Gasteiger partial charge is 0.391 e. The number of aliphatic hydroxyl groups excluding tert-OH is 1. The summed E-state index contributed by atoms with van der Waals surface area (Å²) >= 11 is 0. The van der Waals surface area contributed by atoms with Crippen molar-refractivity contribution in [2.75, 3.05) is 40.9 Å². The Morgan fingerprint density at radius 2 is 0.762 bits per heavy atom. The average Bonchev–Trinajstić information content (AvgIpc) is 3.24. The second kappa shape index (κ2) is 46.6. The minimum absolute atomic E-state index is 0.0790. The van der Waals surface area contributed by atoms with Crippen LogP contribution in [0, 0.1) is 0 Å². The fourth-order valence-corrected chi connectivity index (χ4v) is 9.43. The van der Waals surface area contributed by atoms with Crippen molar-refractivity contribution >= 4 is 13.7 Å². The van der Waals surface area contributed by atoms with Gasteiger partial charge in [0.2, 0.25) is 5.91 Å². The molecule has 0 aromatic carbocycles. The molecule has 63 heavy (non-hydrogen) atoms. The second-order valence-electron chi connectivity index (χ2n) is 20.7. The topological polar surface area (TPSA) is 105 Å². The number of phosphoric acid groups is 1. The monoisotopic (exact) mass is 916 g/mol.